The summed E-state index contributed by atoms with van der Waals surface area (Å²) in [6.07, 6.45) is 1.27. The Morgan fingerprint density at radius 1 is 1.29 bits per heavy atom. The van der Waals surface area contributed by atoms with Gasteiger partial charge in [0.1, 0.15) is 11.6 Å². The van der Waals surface area contributed by atoms with Gasteiger partial charge in [0.25, 0.3) is 0 Å². The first kappa shape index (κ1) is 18.2. The fourth-order valence-corrected chi connectivity index (χ4v) is 3.18. The van der Waals surface area contributed by atoms with Crippen LogP contribution in [0.5, 0.6) is 5.75 Å². The van der Waals surface area contributed by atoms with Crippen LogP contribution in [0.1, 0.15) is 35.9 Å². The van der Waals surface area contributed by atoms with Gasteiger partial charge in [0.2, 0.25) is 17.6 Å². The normalized spacial score (nSPS) is 15.6. The Hall–Kier alpha value is -3.22. The number of carbonyl (C=O) groups excluding carboxylic acids is 1. The van der Waals surface area contributed by atoms with Crippen LogP contribution in [-0.4, -0.2) is 22.7 Å². The Balaban J connectivity index is 1.36. The lowest BCUT2D eigenvalue weighted by molar-refractivity contribution is -0.122. The van der Waals surface area contributed by atoms with Gasteiger partial charge in [0.15, 0.2) is 0 Å². The molecule has 1 atom stereocenters. The average molecular weight is 381 g/mol. The van der Waals surface area contributed by atoms with Crippen molar-refractivity contribution in [3.05, 3.63) is 65.3 Å². The van der Waals surface area contributed by atoms with Crippen LogP contribution in [0.4, 0.5) is 4.39 Å². The summed E-state index contributed by atoms with van der Waals surface area (Å²) < 4.78 is 24.5. The summed E-state index contributed by atoms with van der Waals surface area (Å²) in [5, 5.41) is 6.92. The number of hydrogen-bond donors (Lipinski definition) is 1. The number of nitrogens with one attached hydrogen (secondary N) is 1. The number of para-hydroxylation sites is 1. The molecule has 0 spiro atoms. The van der Waals surface area contributed by atoms with E-state index in [0.29, 0.717) is 35.9 Å². The highest BCUT2D eigenvalue weighted by Crippen LogP contribution is 2.31. The smallest absolute Gasteiger partial charge is 0.227 e. The molecule has 1 N–H and O–H groups in total. The SMILES string of the molecule is Cc1ccc(-c2noc(CCC(=O)NC3CCOc4ccccc43)n2)cc1F. The molecule has 28 heavy (non-hydrogen) atoms. The van der Waals surface area contributed by atoms with E-state index in [0.717, 1.165) is 17.7 Å². The van der Waals surface area contributed by atoms with E-state index in [1.165, 1.54) is 6.07 Å². The summed E-state index contributed by atoms with van der Waals surface area (Å²) in [7, 11) is 0. The molecular weight excluding hydrogens is 361 g/mol. The molecule has 1 unspecified atom stereocenters. The molecule has 0 saturated heterocycles. The molecule has 1 aliphatic rings. The Morgan fingerprint density at radius 2 is 2.14 bits per heavy atom. The van der Waals surface area contributed by atoms with Crippen LogP contribution in [0, 0.1) is 12.7 Å². The van der Waals surface area contributed by atoms with Crippen molar-refractivity contribution < 1.29 is 18.4 Å². The Morgan fingerprint density at radius 3 is 3.00 bits per heavy atom. The number of rotatable bonds is 5. The molecule has 0 fully saturated rings. The quantitative estimate of drug-likeness (QED) is 0.728. The number of benzene rings is 2. The lowest BCUT2D eigenvalue weighted by atomic mass is 10.0. The molecule has 2 aromatic carbocycles. The van der Waals surface area contributed by atoms with E-state index in [1.807, 2.05) is 24.3 Å². The van der Waals surface area contributed by atoms with E-state index >= 15 is 0 Å². The second-order valence-corrected chi connectivity index (χ2v) is 6.77. The van der Waals surface area contributed by atoms with Crippen LogP contribution in [0.3, 0.4) is 0 Å². The Bertz CT molecular complexity index is 1000. The predicted octanol–water partition coefficient (Wildman–Crippen LogP) is 3.76. The molecule has 0 saturated carbocycles. The molecule has 0 radical (unpaired) electrons. The van der Waals surface area contributed by atoms with Crippen molar-refractivity contribution in [1.29, 1.82) is 0 Å². The van der Waals surface area contributed by atoms with Crippen molar-refractivity contribution in [2.75, 3.05) is 6.61 Å². The molecule has 4 rings (SSSR count). The van der Waals surface area contributed by atoms with Crippen molar-refractivity contribution in [3.63, 3.8) is 0 Å². The molecule has 1 aliphatic heterocycles. The van der Waals surface area contributed by atoms with Gasteiger partial charge in [0.05, 0.1) is 12.6 Å². The molecular formula is C21H20FN3O3. The number of ether oxygens (including phenoxy) is 1. The van der Waals surface area contributed by atoms with Crippen molar-refractivity contribution in [2.24, 2.45) is 0 Å². The highest BCUT2D eigenvalue weighted by Gasteiger charge is 2.22. The van der Waals surface area contributed by atoms with Crippen LogP contribution in [-0.2, 0) is 11.2 Å². The van der Waals surface area contributed by atoms with Gasteiger partial charge in [-0.2, -0.15) is 4.98 Å². The van der Waals surface area contributed by atoms with Crippen molar-refractivity contribution in [3.8, 4) is 17.1 Å². The van der Waals surface area contributed by atoms with E-state index in [1.54, 1.807) is 19.1 Å². The first-order valence-corrected chi connectivity index (χ1v) is 9.20. The highest BCUT2D eigenvalue weighted by molar-refractivity contribution is 5.76. The number of amides is 1. The summed E-state index contributed by atoms with van der Waals surface area (Å²) in [5.41, 5.74) is 2.09. The topological polar surface area (TPSA) is 77.2 Å². The molecule has 1 aromatic heterocycles. The first-order valence-electron chi connectivity index (χ1n) is 9.20. The molecule has 6 nitrogen and oxygen atoms in total. The van der Waals surface area contributed by atoms with Gasteiger partial charge in [-0.25, -0.2) is 4.39 Å². The molecule has 144 valence electrons. The standard InChI is InChI=1S/C21H20FN3O3/c1-13-6-7-14(12-16(13)22)21-24-20(28-25-21)9-8-19(26)23-17-10-11-27-18-5-3-2-4-15(17)18/h2-7,12,17H,8-11H2,1H3,(H,23,26). The maximum atomic E-state index is 13.7. The molecule has 3 aromatic rings. The number of hydrogen-bond acceptors (Lipinski definition) is 5. The van der Waals surface area contributed by atoms with Gasteiger partial charge in [0, 0.05) is 30.4 Å². The summed E-state index contributed by atoms with van der Waals surface area (Å²) in [5.74, 6) is 1.06. The summed E-state index contributed by atoms with van der Waals surface area (Å²) in [6, 6.07) is 12.4. The van der Waals surface area contributed by atoms with Gasteiger partial charge >= 0.3 is 0 Å². The van der Waals surface area contributed by atoms with Crippen LogP contribution in [0.25, 0.3) is 11.4 Å². The second kappa shape index (κ2) is 7.80. The fraction of sp³-hybridized carbons (Fsp3) is 0.286. The Kier molecular flexibility index (Phi) is 5.06. The third-order valence-corrected chi connectivity index (χ3v) is 4.76. The predicted molar refractivity (Wildman–Crippen MR) is 100 cm³/mol. The lowest BCUT2D eigenvalue weighted by Crippen LogP contribution is -2.32. The average Bonchev–Trinajstić information content (AvgIpc) is 3.18. The first-order chi connectivity index (χ1) is 13.6. The minimum atomic E-state index is -0.319. The number of fused-ring (bicyclic) bond motifs is 1. The zero-order valence-electron chi connectivity index (χ0n) is 15.4. The monoisotopic (exact) mass is 381 g/mol. The van der Waals surface area contributed by atoms with Crippen molar-refractivity contribution in [1.82, 2.24) is 15.5 Å². The summed E-state index contributed by atoms with van der Waals surface area (Å²) in [6.45, 7) is 2.26. The molecule has 0 bridgehead atoms. The third kappa shape index (κ3) is 3.88. The zero-order valence-corrected chi connectivity index (χ0v) is 15.4. The van der Waals surface area contributed by atoms with Crippen molar-refractivity contribution in [2.45, 2.75) is 32.2 Å². The van der Waals surface area contributed by atoms with Crippen molar-refractivity contribution >= 4 is 5.91 Å². The number of carbonyl (C=O) groups is 1. The maximum Gasteiger partial charge on any atom is 0.227 e. The minimum Gasteiger partial charge on any atom is -0.493 e. The largest absolute Gasteiger partial charge is 0.493 e. The number of halogens is 1. The van der Waals surface area contributed by atoms with Crippen LogP contribution in [0.15, 0.2) is 47.0 Å². The Labute approximate surface area is 161 Å². The summed E-state index contributed by atoms with van der Waals surface area (Å²) in [4.78, 5) is 16.6. The molecule has 2 heterocycles. The van der Waals surface area contributed by atoms with E-state index < -0.39 is 0 Å². The number of aromatic nitrogens is 2. The minimum absolute atomic E-state index is 0.0637. The molecule has 0 aliphatic carbocycles. The van der Waals surface area contributed by atoms with Gasteiger partial charge in [-0.05, 0) is 24.6 Å². The van der Waals surface area contributed by atoms with Crippen LogP contribution >= 0.6 is 0 Å². The third-order valence-electron chi connectivity index (χ3n) is 4.76. The fourth-order valence-electron chi connectivity index (χ4n) is 3.18. The van der Waals surface area contributed by atoms with E-state index in [9.17, 15) is 9.18 Å². The van der Waals surface area contributed by atoms with Crippen LogP contribution < -0.4 is 10.1 Å². The van der Waals surface area contributed by atoms with Gasteiger partial charge < -0.3 is 14.6 Å². The van der Waals surface area contributed by atoms with E-state index in [2.05, 4.69) is 15.5 Å². The molecule has 1 amide bonds. The van der Waals surface area contributed by atoms with E-state index in [4.69, 9.17) is 9.26 Å². The lowest BCUT2D eigenvalue weighted by Gasteiger charge is -2.26. The highest BCUT2D eigenvalue weighted by atomic mass is 19.1. The van der Waals surface area contributed by atoms with E-state index in [-0.39, 0.29) is 24.2 Å². The van der Waals surface area contributed by atoms with Gasteiger partial charge in [-0.1, -0.05) is 35.5 Å². The zero-order chi connectivity index (χ0) is 19.5. The number of nitrogens with zero attached hydrogens (tertiary/aromatic N) is 2. The number of aryl methyl sites for hydroxylation is 2. The van der Waals surface area contributed by atoms with Crippen LogP contribution in [0.2, 0.25) is 0 Å². The molecule has 7 heteroatoms. The van der Waals surface area contributed by atoms with Gasteiger partial charge in [-0.3, -0.25) is 4.79 Å². The van der Waals surface area contributed by atoms with Gasteiger partial charge in [-0.15, -0.1) is 0 Å². The maximum absolute atomic E-state index is 13.7. The second-order valence-electron chi connectivity index (χ2n) is 6.77. The summed E-state index contributed by atoms with van der Waals surface area (Å²) >= 11 is 0.